The van der Waals surface area contributed by atoms with Crippen molar-refractivity contribution in [2.24, 2.45) is 0 Å². The van der Waals surface area contributed by atoms with E-state index in [1.807, 2.05) is 19.2 Å². The molecule has 4 heteroatoms. The molecule has 1 saturated heterocycles. The van der Waals surface area contributed by atoms with E-state index in [4.69, 9.17) is 9.47 Å². The number of nitrogens with one attached hydrogen (secondary N) is 1. The Morgan fingerprint density at radius 1 is 1.44 bits per heavy atom. The fraction of sp³-hybridized carbons (Fsp3) is 0.643. The van der Waals surface area contributed by atoms with E-state index in [0.29, 0.717) is 13.2 Å². The highest BCUT2D eigenvalue weighted by Crippen LogP contribution is 2.22. The van der Waals surface area contributed by atoms with Crippen LogP contribution >= 0.6 is 0 Å². The van der Waals surface area contributed by atoms with Gasteiger partial charge in [-0.15, -0.1) is 0 Å². The largest absolute Gasteiger partial charge is 0.485 e. The molecule has 2 rings (SSSR count). The van der Waals surface area contributed by atoms with Crippen LogP contribution in [-0.4, -0.2) is 29.8 Å². The zero-order valence-corrected chi connectivity index (χ0v) is 11.6. The van der Waals surface area contributed by atoms with E-state index < -0.39 is 0 Å². The van der Waals surface area contributed by atoms with Crippen LogP contribution < -0.4 is 10.1 Å². The summed E-state index contributed by atoms with van der Waals surface area (Å²) < 4.78 is 11.1. The number of hydrogen-bond donors (Lipinski definition) is 1. The van der Waals surface area contributed by atoms with Crippen LogP contribution in [0.1, 0.15) is 32.0 Å². The van der Waals surface area contributed by atoms with Crippen molar-refractivity contribution in [3.63, 3.8) is 0 Å². The van der Waals surface area contributed by atoms with Crippen molar-refractivity contribution in [2.75, 3.05) is 13.2 Å². The third-order valence-corrected chi connectivity index (χ3v) is 2.79. The van der Waals surface area contributed by atoms with Gasteiger partial charge in [0.25, 0.3) is 0 Å². The fourth-order valence-corrected chi connectivity index (χ4v) is 1.63. The highest BCUT2D eigenvalue weighted by Gasteiger charge is 2.22. The minimum absolute atomic E-state index is 0.0851. The predicted octanol–water partition coefficient (Wildman–Crippen LogP) is 2.06. The Hall–Kier alpha value is -1.13. The summed E-state index contributed by atoms with van der Waals surface area (Å²) in [6.45, 7) is 10.6. The predicted molar refractivity (Wildman–Crippen MR) is 70.8 cm³/mol. The zero-order valence-electron chi connectivity index (χ0n) is 11.6. The molecule has 0 saturated carbocycles. The van der Waals surface area contributed by atoms with Gasteiger partial charge in [0.2, 0.25) is 0 Å². The van der Waals surface area contributed by atoms with Crippen molar-refractivity contribution < 1.29 is 9.47 Å². The summed E-state index contributed by atoms with van der Waals surface area (Å²) in [6, 6.07) is 2.00. The van der Waals surface area contributed by atoms with E-state index in [1.165, 1.54) is 0 Å². The molecule has 0 amide bonds. The van der Waals surface area contributed by atoms with Gasteiger partial charge in [0.1, 0.15) is 11.9 Å². The van der Waals surface area contributed by atoms with Crippen molar-refractivity contribution in [3.05, 3.63) is 23.5 Å². The van der Waals surface area contributed by atoms with Gasteiger partial charge in [-0.1, -0.05) is 0 Å². The first-order chi connectivity index (χ1) is 8.44. The molecule has 2 heterocycles. The maximum Gasteiger partial charge on any atom is 0.145 e. The minimum Gasteiger partial charge on any atom is -0.485 e. The van der Waals surface area contributed by atoms with Crippen molar-refractivity contribution in [2.45, 2.75) is 45.9 Å². The van der Waals surface area contributed by atoms with Crippen molar-refractivity contribution in [3.8, 4) is 5.75 Å². The lowest BCUT2D eigenvalue weighted by Crippen LogP contribution is -2.39. The quantitative estimate of drug-likeness (QED) is 0.888. The Morgan fingerprint density at radius 2 is 2.17 bits per heavy atom. The normalized spacial score (nSPS) is 16.4. The standard InChI is InChI=1S/C14H22N2O2/c1-10-5-13(18-12-8-17-9-12)11(6-15-10)7-16-14(2,3)4/h5-6,12,16H,7-9H2,1-4H3. The van der Waals surface area contributed by atoms with E-state index in [9.17, 15) is 0 Å². The minimum atomic E-state index is 0.0851. The van der Waals surface area contributed by atoms with Crippen molar-refractivity contribution in [1.29, 1.82) is 0 Å². The maximum absolute atomic E-state index is 5.92. The summed E-state index contributed by atoms with van der Waals surface area (Å²) in [5, 5.41) is 3.46. The summed E-state index contributed by atoms with van der Waals surface area (Å²) in [5.41, 5.74) is 2.16. The van der Waals surface area contributed by atoms with E-state index in [2.05, 4.69) is 31.1 Å². The van der Waals surface area contributed by atoms with Crippen LogP contribution in [-0.2, 0) is 11.3 Å². The highest BCUT2D eigenvalue weighted by molar-refractivity contribution is 5.33. The topological polar surface area (TPSA) is 43.4 Å². The number of aryl methyl sites for hydroxylation is 1. The van der Waals surface area contributed by atoms with Gasteiger partial charge in [-0.25, -0.2) is 0 Å². The Balaban J connectivity index is 2.07. The molecular formula is C14H22N2O2. The van der Waals surface area contributed by atoms with Gasteiger partial charge in [-0.2, -0.15) is 0 Å². The molecule has 4 nitrogen and oxygen atoms in total. The number of aromatic nitrogens is 1. The molecule has 1 N–H and O–H groups in total. The van der Waals surface area contributed by atoms with Gasteiger partial charge in [0.05, 0.1) is 13.2 Å². The average molecular weight is 250 g/mol. The van der Waals surface area contributed by atoms with Gasteiger partial charge in [0.15, 0.2) is 0 Å². The molecule has 0 radical (unpaired) electrons. The maximum atomic E-state index is 5.92. The number of nitrogens with zero attached hydrogens (tertiary/aromatic N) is 1. The van der Waals surface area contributed by atoms with E-state index in [1.54, 1.807) is 0 Å². The lowest BCUT2D eigenvalue weighted by Gasteiger charge is -2.28. The molecule has 1 aliphatic rings. The van der Waals surface area contributed by atoms with Crippen LogP contribution in [0.15, 0.2) is 12.3 Å². The summed E-state index contributed by atoms with van der Waals surface area (Å²) >= 11 is 0. The lowest BCUT2D eigenvalue weighted by atomic mass is 10.1. The monoisotopic (exact) mass is 250 g/mol. The molecule has 1 aromatic rings. The molecule has 1 fully saturated rings. The Morgan fingerprint density at radius 3 is 2.72 bits per heavy atom. The van der Waals surface area contributed by atoms with Crippen LogP contribution in [0.3, 0.4) is 0 Å². The molecule has 1 aliphatic heterocycles. The molecule has 0 bridgehead atoms. The molecule has 18 heavy (non-hydrogen) atoms. The van der Waals surface area contributed by atoms with E-state index in [0.717, 1.165) is 23.6 Å². The van der Waals surface area contributed by atoms with E-state index >= 15 is 0 Å². The van der Waals surface area contributed by atoms with Crippen LogP contribution in [0, 0.1) is 6.92 Å². The number of hydrogen-bond acceptors (Lipinski definition) is 4. The molecule has 0 atom stereocenters. The average Bonchev–Trinajstić information content (AvgIpc) is 2.21. The summed E-state index contributed by atoms with van der Waals surface area (Å²) in [7, 11) is 0. The number of pyridine rings is 1. The van der Waals surface area contributed by atoms with Crippen LogP contribution in [0.25, 0.3) is 0 Å². The van der Waals surface area contributed by atoms with Gasteiger partial charge < -0.3 is 14.8 Å². The van der Waals surface area contributed by atoms with Gasteiger partial charge in [0, 0.05) is 35.6 Å². The van der Waals surface area contributed by atoms with Crippen LogP contribution in [0.2, 0.25) is 0 Å². The molecule has 100 valence electrons. The second-order valence-electron chi connectivity index (χ2n) is 5.81. The zero-order chi connectivity index (χ0) is 13.2. The highest BCUT2D eigenvalue weighted by atomic mass is 16.6. The second-order valence-corrected chi connectivity index (χ2v) is 5.81. The smallest absolute Gasteiger partial charge is 0.145 e. The Kier molecular flexibility index (Phi) is 3.88. The SMILES string of the molecule is Cc1cc(OC2COC2)c(CNC(C)(C)C)cn1. The molecule has 0 unspecified atom stereocenters. The van der Waals surface area contributed by atoms with Gasteiger partial charge in [-0.05, 0) is 27.7 Å². The second kappa shape index (κ2) is 5.24. The van der Waals surface area contributed by atoms with Gasteiger partial charge >= 0.3 is 0 Å². The van der Waals surface area contributed by atoms with Crippen molar-refractivity contribution in [1.82, 2.24) is 10.3 Å². The fourth-order valence-electron chi connectivity index (χ4n) is 1.63. The van der Waals surface area contributed by atoms with Gasteiger partial charge in [-0.3, -0.25) is 4.98 Å². The molecule has 0 aromatic carbocycles. The Bertz CT molecular complexity index is 409. The molecule has 1 aromatic heterocycles. The summed E-state index contributed by atoms with van der Waals surface area (Å²) in [4.78, 5) is 4.34. The Labute approximate surface area is 109 Å². The van der Waals surface area contributed by atoms with E-state index in [-0.39, 0.29) is 11.6 Å². The van der Waals surface area contributed by atoms with Crippen molar-refractivity contribution >= 4 is 0 Å². The number of rotatable bonds is 4. The molecular weight excluding hydrogens is 228 g/mol. The molecule has 0 aliphatic carbocycles. The third kappa shape index (κ3) is 3.68. The van der Waals surface area contributed by atoms with Crippen LogP contribution in [0.5, 0.6) is 5.75 Å². The first-order valence-corrected chi connectivity index (χ1v) is 6.39. The lowest BCUT2D eigenvalue weighted by molar-refractivity contribution is -0.0800. The third-order valence-electron chi connectivity index (χ3n) is 2.79. The molecule has 0 spiro atoms. The van der Waals surface area contributed by atoms with Crippen LogP contribution in [0.4, 0.5) is 0 Å². The number of ether oxygens (including phenoxy) is 2. The summed E-state index contributed by atoms with van der Waals surface area (Å²) in [6.07, 6.45) is 2.09. The summed E-state index contributed by atoms with van der Waals surface area (Å²) in [5.74, 6) is 0.924. The first kappa shape index (κ1) is 13.3. The first-order valence-electron chi connectivity index (χ1n) is 6.39.